The van der Waals surface area contributed by atoms with Crippen molar-refractivity contribution in [2.75, 3.05) is 0 Å². The number of hydrogen-bond donors (Lipinski definition) is 0. The lowest BCUT2D eigenvalue weighted by molar-refractivity contribution is 0.219. The fraction of sp³-hybridized carbons (Fsp3) is 1.00. The number of hydrogen-bond acceptors (Lipinski definition) is 9. The molecular weight excluding hydrogens is 1750 g/mol. The Bertz CT molecular complexity index is 2080. The van der Waals surface area contributed by atoms with E-state index in [0.29, 0.717) is 0 Å². The summed E-state index contributed by atoms with van der Waals surface area (Å²) in [5, 5.41) is 0. The summed E-state index contributed by atoms with van der Waals surface area (Å²) in [6, 6.07) is 25.1. The van der Waals surface area contributed by atoms with Gasteiger partial charge in [-0.25, -0.2) is 0 Å². The summed E-state index contributed by atoms with van der Waals surface area (Å²) >= 11 is 0. The van der Waals surface area contributed by atoms with Crippen molar-refractivity contribution in [2.24, 2.45) is 0 Å². The van der Waals surface area contributed by atoms with Crippen LogP contribution in [0.5, 0.6) is 0 Å². The van der Waals surface area contributed by atoms with Crippen molar-refractivity contribution < 1.29 is 37.0 Å². The number of unbranched alkanes of at least 4 members (excludes halogenated alkanes) is 44. The van der Waals surface area contributed by atoms with E-state index >= 15 is 0 Å². The Morgan fingerprint density at radius 2 is 0.155 bits per heavy atom. The van der Waals surface area contributed by atoms with Crippen molar-refractivity contribution in [1.29, 1.82) is 0 Å². The van der Waals surface area contributed by atoms with Gasteiger partial charge in [0.15, 0.2) is 16.6 Å². The zero-order chi connectivity index (χ0) is 95.6. The van der Waals surface area contributed by atoms with Gasteiger partial charge in [-0.1, -0.05) is 576 Å². The lowest BCUT2D eigenvalue weighted by atomic mass is 10.3. The summed E-state index contributed by atoms with van der Waals surface area (Å²) in [4.78, 5) is 0. The van der Waals surface area contributed by atoms with Crippen LogP contribution in [0.2, 0.25) is 133 Å². The molecule has 0 spiro atoms. The SMILES string of the molecule is CCCCC[Si](CCCCC)(CCCCC)O[Si](CCCCC)(CCCCC)O[Si](CCCCC)(CCCCC)O[Si](CCCCC)(CCCCC)O[Si](CCCCC)(CCCCC)O[Si](CCCCC)(CCCCC)O[Si](CCCCC)(CCCCC)O[Si](CCCCC)(CCCCC)O[Si](CCCCC)(CCCCC)O[Si](CCCCC)(CCCCC)CCCCC. The van der Waals surface area contributed by atoms with E-state index < -0.39 is 85.1 Å². The second-order valence-electron chi connectivity index (χ2n) is 42.6. The van der Waals surface area contributed by atoms with E-state index in [1.165, 1.54) is 409 Å². The lowest BCUT2D eigenvalue weighted by Gasteiger charge is -2.53. The Labute approximate surface area is 825 Å². The maximum Gasteiger partial charge on any atom is 0.320 e. The average molecular weight is 1990 g/mol. The van der Waals surface area contributed by atoms with Crippen molar-refractivity contribution in [1.82, 2.24) is 0 Å². The molecule has 0 unspecified atom stereocenters. The highest BCUT2D eigenvalue weighted by Crippen LogP contribution is 2.50. The van der Waals surface area contributed by atoms with Crippen LogP contribution in [0.25, 0.3) is 0 Å². The minimum Gasteiger partial charge on any atom is -0.436 e. The maximum absolute atomic E-state index is 9.72. The molecule has 0 atom stereocenters. The van der Waals surface area contributed by atoms with E-state index in [1.807, 2.05) is 0 Å². The Kier molecular flexibility index (Phi) is 86.6. The van der Waals surface area contributed by atoms with E-state index in [-0.39, 0.29) is 0 Å². The van der Waals surface area contributed by atoms with E-state index in [2.05, 4.69) is 152 Å². The van der Waals surface area contributed by atoms with Crippen LogP contribution in [0.15, 0.2) is 0 Å². The molecule has 19 heteroatoms. The first kappa shape index (κ1) is 131. The van der Waals surface area contributed by atoms with Gasteiger partial charge in [0.05, 0.1) is 0 Å². The van der Waals surface area contributed by atoms with Crippen LogP contribution in [-0.4, -0.2) is 85.1 Å². The molecule has 0 saturated heterocycles. The largest absolute Gasteiger partial charge is 0.436 e. The molecule has 0 aliphatic carbocycles. The van der Waals surface area contributed by atoms with Gasteiger partial charge in [-0.2, -0.15) is 0 Å². The van der Waals surface area contributed by atoms with Crippen molar-refractivity contribution in [3.63, 3.8) is 0 Å². The Morgan fingerprint density at radius 1 is 0.0853 bits per heavy atom. The van der Waals surface area contributed by atoms with Gasteiger partial charge < -0.3 is 37.0 Å². The summed E-state index contributed by atoms with van der Waals surface area (Å²) in [6.45, 7) is 54.1. The average Bonchev–Trinajstić information content (AvgIpc) is 0.752. The van der Waals surface area contributed by atoms with Gasteiger partial charge in [-0.3, -0.25) is 0 Å². The molecule has 9 nitrogen and oxygen atoms in total. The molecule has 0 amide bonds. The molecule has 0 heterocycles. The van der Waals surface area contributed by atoms with Gasteiger partial charge >= 0.3 is 68.5 Å². The van der Waals surface area contributed by atoms with Gasteiger partial charge in [0, 0.05) is 0 Å². The molecule has 0 fully saturated rings. The third kappa shape index (κ3) is 60.1. The van der Waals surface area contributed by atoms with E-state index in [4.69, 9.17) is 8.23 Å². The Morgan fingerprint density at radius 3 is 0.233 bits per heavy atom. The molecule has 0 aliphatic rings. The van der Waals surface area contributed by atoms with Crippen LogP contribution in [0.4, 0.5) is 0 Å². The van der Waals surface area contributed by atoms with Crippen molar-refractivity contribution in [2.45, 2.75) is 709 Å². The molecule has 0 aliphatic heterocycles. The third-order valence-electron chi connectivity index (χ3n) is 29.4. The molecule has 0 aromatic rings. The second kappa shape index (κ2) is 85.4. The van der Waals surface area contributed by atoms with Gasteiger partial charge in [-0.15, -0.1) is 0 Å². The van der Waals surface area contributed by atoms with Gasteiger partial charge in [0.1, 0.15) is 0 Å². The summed E-state index contributed by atoms with van der Waals surface area (Å²) < 4.78 is 85.4. The smallest absolute Gasteiger partial charge is 0.320 e. The van der Waals surface area contributed by atoms with Crippen molar-refractivity contribution >= 4 is 85.1 Å². The molecule has 129 heavy (non-hydrogen) atoms. The highest BCUT2D eigenvalue weighted by Gasteiger charge is 2.63. The zero-order valence-electron chi connectivity index (χ0n) is 92.9. The van der Waals surface area contributed by atoms with Crippen LogP contribution in [0, 0.1) is 0 Å². The predicted molar refractivity (Wildman–Crippen MR) is 603 cm³/mol. The minimum absolute atomic E-state index is 1.04. The standard InChI is InChI=1S/C110H242O9Si10/c1-23-45-67-89-120(90-68-46-24-2,91-69-47-25-3)111-122(95-73-51-29-7,96-74-52-30-8)113-124(99-77-55-33-11,100-78-56-34-12)115-126(103-81-59-37-15,104-82-60-38-16)117-128(107-85-63-41-19,108-86-64-42-20)119-129(109-87-65-43-21,110-88-66-44-22)118-127(105-83-61-39-17,106-84-62-40-18)116-125(101-79-57-35-13,102-80-58-36-14)114-123(97-75-53-31-9,98-76-54-32-10)112-121(92-70-48-26-4,93-71-49-27-5)94-72-50-28-6/h23-110H2,1-22H3. The first-order chi connectivity index (χ1) is 62.7. The summed E-state index contributed by atoms with van der Waals surface area (Å²) in [5.74, 6) is 0. The Hall–Kier alpha value is 1.81. The molecule has 0 rings (SSSR count). The lowest BCUT2D eigenvalue weighted by Crippen LogP contribution is -2.68. The quantitative estimate of drug-likeness (QED) is 0.0437. The Balaban J connectivity index is 11.5. The van der Waals surface area contributed by atoms with Gasteiger partial charge in [0.25, 0.3) is 0 Å². The maximum atomic E-state index is 9.72. The first-order valence-corrected chi connectivity index (χ1v) is 82.9. The first-order valence-electron chi connectivity index (χ1n) is 60.0. The molecule has 0 N–H and O–H groups in total. The minimum atomic E-state index is -3.43. The fourth-order valence-corrected chi connectivity index (χ4v) is 88.1. The summed E-state index contributed by atoms with van der Waals surface area (Å²) in [5.41, 5.74) is 0. The van der Waals surface area contributed by atoms with Crippen molar-refractivity contribution in [3.8, 4) is 0 Å². The highest BCUT2D eigenvalue weighted by molar-refractivity contribution is 6.96. The number of rotatable bonds is 106. The molecule has 776 valence electrons. The summed E-state index contributed by atoms with van der Waals surface area (Å²) in [6.07, 6.45) is 80.9. The normalized spacial score (nSPS) is 13.3. The molecule has 0 radical (unpaired) electrons. The molecule has 0 bridgehead atoms. The van der Waals surface area contributed by atoms with E-state index in [0.717, 1.165) is 148 Å². The van der Waals surface area contributed by atoms with Gasteiger partial charge in [0.2, 0.25) is 0 Å². The second-order valence-corrected chi connectivity index (χ2v) is 80.3. The third-order valence-corrected chi connectivity index (χ3v) is 82.1. The molecular formula is C110H242O9Si10. The topological polar surface area (TPSA) is 83.1 Å². The summed E-state index contributed by atoms with van der Waals surface area (Å²) in [7, 11) is -31.0. The van der Waals surface area contributed by atoms with Crippen LogP contribution in [0.1, 0.15) is 576 Å². The van der Waals surface area contributed by atoms with E-state index in [1.54, 1.807) is 0 Å². The van der Waals surface area contributed by atoms with Crippen LogP contribution < -0.4 is 0 Å². The van der Waals surface area contributed by atoms with Gasteiger partial charge in [-0.05, 0) is 133 Å². The molecule has 0 saturated carbocycles. The molecule has 0 aromatic carbocycles. The fourth-order valence-electron chi connectivity index (χ4n) is 21.5. The predicted octanol–water partition coefficient (Wildman–Crippen LogP) is 42.7. The van der Waals surface area contributed by atoms with Crippen molar-refractivity contribution in [3.05, 3.63) is 0 Å². The molecule has 0 aromatic heterocycles. The highest BCUT2D eigenvalue weighted by atomic mass is 28.5. The van der Waals surface area contributed by atoms with E-state index in [9.17, 15) is 28.8 Å². The van der Waals surface area contributed by atoms with Crippen LogP contribution in [0.3, 0.4) is 0 Å². The monoisotopic (exact) mass is 1990 g/mol. The van der Waals surface area contributed by atoms with Crippen LogP contribution >= 0.6 is 0 Å². The zero-order valence-corrected chi connectivity index (χ0v) is 103. The van der Waals surface area contributed by atoms with Crippen LogP contribution in [-0.2, 0) is 37.0 Å².